The molecule has 1 fully saturated rings. The summed E-state index contributed by atoms with van der Waals surface area (Å²) in [5.41, 5.74) is 5.34. The van der Waals surface area contributed by atoms with E-state index in [0.29, 0.717) is 36.7 Å². The van der Waals surface area contributed by atoms with Gasteiger partial charge in [0, 0.05) is 26.2 Å². The largest absolute Gasteiger partial charge is 0.366 e. The fourth-order valence-corrected chi connectivity index (χ4v) is 3.14. The molecule has 2 heterocycles. The third-order valence-corrected chi connectivity index (χ3v) is 4.66. The molecule has 1 aromatic carbocycles. The monoisotopic (exact) mass is 348 g/mol. The molecule has 8 heteroatoms. The number of thiophene rings is 1. The molecule has 1 saturated heterocycles. The minimum absolute atomic E-state index is 0.265. The minimum Gasteiger partial charge on any atom is -0.366 e. The first kappa shape index (κ1) is 16.3. The highest BCUT2D eigenvalue weighted by Gasteiger charge is 2.23. The molecule has 1 aromatic heterocycles. The lowest BCUT2D eigenvalue weighted by Crippen LogP contribution is -2.55. The number of carbonyl (C=O) groups is 2. The van der Waals surface area contributed by atoms with Gasteiger partial charge in [-0.15, -0.1) is 11.3 Å². The standard InChI is InChI=1S/C16H17FN4O2S/c17-12-4-1-2-5-13(12)20-7-9-21(10-8-20)16(23)19-18-15(22)14-6-3-11-24-14/h1-6,11H,7-10H2,(H,18,22)(H,19,23). The van der Waals surface area contributed by atoms with E-state index in [9.17, 15) is 14.0 Å². The summed E-state index contributed by atoms with van der Waals surface area (Å²) >= 11 is 1.30. The van der Waals surface area contributed by atoms with Gasteiger partial charge in [-0.05, 0) is 23.6 Å². The van der Waals surface area contributed by atoms with Crippen molar-refractivity contribution in [2.75, 3.05) is 31.1 Å². The number of nitrogens with zero attached hydrogens (tertiary/aromatic N) is 2. The van der Waals surface area contributed by atoms with Gasteiger partial charge in [0.25, 0.3) is 5.91 Å². The quantitative estimate of drug-likeness (QED) is 0.817. The van der Waals surface area contributed by atoms with Crippen molar-refractivity contribution in [2.45, 2.75) is 0 Å². The van der Waals surface area contributed by atoms with E-state index in [0.717, 1.165) is 0 Å². The zero-order valence-electron chi connectivity index (χ0n) is 12.9. The number of hydrogen-bond acceptors (Lipinski definition) is 4. The minimum atomic E-state index is -0.368. The van der Waals surface area contributed by atoms with E-state index in [1.165, 1.54) is 17.4 Å². The van der Waals surface area contributed by atoms with Gasteiger partial charge < -0.3 is 9.80 Å². The summed E-state index contributed by atoms with van der Waals surface area (Å²) < 4.78 is 13.8. The molecule has 1 aliphatic heterocycles. The number of anilines is 1. The van der Waals surface area contributed by atoms with Gasteiger partial charge in [0.15, 0.2) is 0 Å². The summed E-state index contributed by atoms with van der Waals surface area (Å²) in [6.07, 6.45) is 0. The van der Waals surface area contributed by atoms with Crippen LogP contribution < -0.4 is 15.8 Å². The molecule has 0 atom stereocenters. The van der Waals surface area contributed by atoms with Gasteiger partial charge >= 0.3 is 6.03 Å². The summed E-state index contributed by atoms with van der Waals surface area (Å²) in [4.78, 5) is 27.9. The van der Waals surface area contributed by atoms with Crippen LogP contribution in [0.1, 0.15) is 9.67 Å². The molecule has 2 aromatic rings. The Labute approximate surface area is 142 Å². The van der Waals surface area contributed by atoms with Crippen LogP contribution in [0, 0.1) is 5.82 Å². The number of halogens is 1. The predicted molar refractivity (Wildman–Crippen MR) is 90.5 cm³/mol. The predicted octanol–water partition coefficient (Wildman–Crippen LogP) is 2.06. The highest BCUT2D eigenvalue weighted by atomic mass is 32.1. The summed E-state index contributed by atoms with van der Waals surface area (Å²) in [7, 11) is 0. The second-order valence-corrected chi connectivity index (χ2v) is 6.23. The Morgan fingerprint density at radius 3 is 2.42 bits per heavy atom. The first-order chi connectivity index (χ1) is 11.6. The molecule has 2 N–H and O–H groups in total. The third-order valence-electron chi connectivity index (χ3n) is 3.79. The summed E-state index contributed by atoms with van der Waals surface area (Å²) in [6, 6.07) is 9.67. The Morgan fingerprint density at radius 2 is 1.75 bits per heavy atom. The van der Waals surface area contributed by atoms with Crippen LogP contribution in [0.25, 0.3) is 0 Å². The zero-order chi connectivity index (χ0) is 16.9. The van der Waals surface area contributed by atoms with Crippen molar-refractivity contribution in [2.24, 2.45) is 0 Å². The van der Waals surface area contributed by atoms with Crippen molar-refractivity contribution in [3.05, 3.63) is 52.5 Å². The number of para-hydroxylation sites is 1. The molecule has 1 aliphatic rings. The maximum atomic E-state index is 13.8. The van der Waals surface area contributed by atoms with E-state index in [4.69, 9.17) is 0 Å². The molecule has 0 unspecified atom stereocenters. The van der Waals surface area contributed by atoms with E-state index in [1.54, 1.807) is 40.6 Å². The van der Waals surface area contributed by atoms with Crippen molar-refractivity contribution < 1.29 is 14.0 Å². The van der Waals surface area contributed by atoms with Crippen molar-refractivity contribution in [1.29, 1.82) is 0 Å². The highest BCUT2D eigenvalue weighted by molar-refractivity contribution is 7.12. The van der Waals surface area contributed by atoms with Crippen molar-refractivity contribution in [3.8, 4) is 0 Å². The van der Waals surface area contributed by atoms with Crippen LogP contribution >= 0.6 is 11.3 Å². The second-order valence-electron chi connectivity index (χ2n) is 5.29. The lowest BCUT2D eigenvalue weighted by atomic mass is 10.2. The normalized spacial score (nSPS) is 14.4. The van der Waals surface area contributed by atoms with Crippen LogP contribution in [0.3, 0.4) is 0 Å². The van der Waals surface area contributed by atoms with E-state index < -0.39 is 0 Å². The Kier molecular flexibility index (Phi) is 4.95. The first-order valence-corrected chi connectivity index (χ1v) is 8.41. The van der Waals surface area contributed by atoms with E-state index in [-0.39, 0.29) is 17.8 Å². The smallest absolute Gasteiger partial charge is 0.336 e. The zero-order valence-corrected chi connectivity index (χ0v) is 13.7. The number of rotatable bonds is 2. The topological polar surface area (TPSA) is 64.7 Å². The Balaban J connectivity index is 1.48. The summed E-state index contributed by atoms with van der Waals surface area (Å²) in [5.74, 6) is -0.609. The Hall–Kier alpha value is -2.61. The lowest BCUT2D eigenvalue weighted by Gasteiger charge is -2.36. The Morgan fingerprint density at radius 1 is 1.00 bits per heavy atom. The number of piperazine rings is 1. The van der Waals surface area contributed by atoms with Crippen LogP contribution in [-0.4, -0.2) is 43.0 Å². The number of hydrazine groups is 1. The fraction of sp³-hybridized carbons (Fsp3) is 0.250. The van der Waals surface area contributed by atoms with Crippen LogP contribution in [0.4, 0.5) is 14.9 Å². The van der Waals surface area contributed by atoms with Crippen molar-refractivity contribution in [3.63, 3.8) is 0 Å². The SMILES string of the molecule is O=C(NNC(=O)N1CCN(c2ccccc2F)CC1)c1cccs1. The molecular formula is C16H17FN4O2S. The summed E-state index contributed by atoms with van der Waals surface area (Å²) in [6.45, 7) is 1.98. The number of amides is 3. The maximum absolute atomic E-state index is 13.8. The second kappa shape index (κ2) is 7.31. The van der Waals surface area contributed by atoms with Crippen LogP contribution in [0.15, 0.2) is 41.8 Å². The van der Waals surface area contributed by atoms with E-state index >= 15 is 0 Å². The number of urea groups is 1. The lowest BCUT2D eigenvalue weighted by molar-refractivity contribution is 0.0933. The van der Waals surface area contributed by atoms with Crippen molar-refractivity contribution >= 4 is 29.0 Å². The van der Waals surface area contributed by atoms with Crippen LogP contribution in [0.5, 0.6) is 0 Å². The molecule has 0 saturated carbocycles. The molecule has 0 aliphatic carbocycles. The molecule has 3 amide bonds. The van der Waals surface area contributed by atoms with Gasteiger partial charge in [0.1, 0.15) is 5.82 Å². The molecule has 126 valence electrons. The van der Waals surface area contributed by atoms with E-state index in [1.807, 2.05) is 4.90 Å². The van der Waals surface area contributed by atoms with Crippen LogP contribution in [0.2, 0.25) is 0 Å². The molecular weight excluding hydrogens is 331 g/mol. The number of hydrogen-bond donors (Lipinski definition) is 2. The number of benzene rings is 1. The third kappa shape index (κ3) is 3.65. The number of nitrogens with one attached hydrogen (secondary N) is 2. The van der Waals surface area contributed by atoms with E-state index in [2.05, 4.69) is 10.9 Å². The average Bonchev–Trinajstić information content (AvgIpc) is 3.15. The molecule has 0 bridgehead atoms. The molecule has 0 radical (unpaired) electrons. The molecule has 24 heavy (non-hydrogen) atoms. The van der Waals surface area contributed by atoms with Gasteiger partial charge in [-0.2, -0.15) is 0 Å². The molecule has 3 rings (SSSR count). The van der Waals surface area contributed by atoms with Gasteiger partial charge in [0.2, 0.25) is 0 Å². The first-order valence-electron chi connectivity index (χ1n) is 7.53. The molecule has 6 nitrogen and oxygen atoms in total. The fourth-order valence-electron chi connectivity index (χ4n) is 2.52. The van der Waals surface area contributed by atoms with Crippen molar-refractivity contribution in [1.82, 2.24) is 15.8 Å². The summed E-state index contributed by atoms with van der Waals surface area (Å²) in [5, 5.41) is 1.79. The van der Waals surface area contributed by atoms with Gasteiger partial charge in [-0.3, -0.25) is 10.2 Å². The maximum Gasteiger partial charge on any atom is 0.336 e. The van der Waals surface area contributed by atoms with Gasteiger partial charge in [-0.25, -0.2) is 14.6 Å². The van der Waals surface area contributed by atoms with Gasteiger partial charge in [-0.1, -0.05) is 18.2 Å². The Bertz CT molecular complexity index is 715. The number of carbonyl (C=O) groups excluding carboxylic acids is 2. The van der Waals surface area contributed by atoms with Crippen LogP contribution in [-0.2, 0) is 0 Å². The highest BCUT2D eigenvalue weighted by Crippen LogP contribution is 2.20. The molecule has 0 spiro atoms. The average molecular weight is 348 g/mol. The van der Waals surface area contributed by atoms with Gasteiger partial charge in [0.05, 0.1) is 10.6 Å².